The number of aliphatic hydroxyl groups is 1. The minimum atomic E-state index is -0.310. The number of aliphatic hydroxyl groups excluding tert-OH is 1. The van der Waals surface area contributed by atoms with Gasteiger partial charge < -0.3 is 15.3 Å². The Balaban J connectivity index is 1.74. The SMILES string of the molecule is C[C@@H]1CN(CCC(=O)Nc2sccc2C#N)CCN1C[C@@H](C)O. The minimum Gasteiger partial charge on any atom is -0.392 e. The average Bonchev–Trinajstić information content (AvgIpc) is 2.94. The van der Waals surface area contributed by atoms with Crippen molar-refractivity contribution >= 4 is 22.2 Å². The molecule has 0 aliphatic carbocycles. The van der Waals surface area contributed by atoms with Crippen LogP contribution in [0.15, 0.2) is 11.4 Å². The fraction of sp³-hybridized carbons (Fsp3) is 0.625. The first-order valence-electron chi connectivity index (χ1n) is 7.91. The molecule has 0 bridgehead atoms. The zero-order valence-electron chi connectivity index (χ0n) is 13.7. The van der Waals surface area contributed by atoms with Crippen LogP contribution in [0.4, 0.5) is 5.00 Å². The van der Waals surface area contributed by atoms with Crippen molar-refractivity contribution in [3.8, 4) is 6.07 Å². The highest BCUT2D eigenvalue weighted by atomic mass is 32.1. The minimum absolute atomic E-state index is 0.0528. The van der Waals surface area contributed by atoms with Crippen molar-refractivity contribution in [2.75, 3.05) is 38.0 Å². The van der Waals surface area contributed by atoms with Crippen molar-refractivity contribution in [2.45, 2.75) is 32.4 Å². The van der Waals surface area contributed by atoms with Crippen LogP contribution in [0.1, 0.15) is 25.8 Å². The monoisotopic (exact) mass is 336 g/mol. The Hall–Kier alpha value is -1.46. The molecule has 0 aromatic carbocycles. The van der Waals surface area contributed by atoms with Crippen molar-refractivity contribution in [1.82, 2.24) is 9.80 Å². The maximum atomic E-state index is 12.0. The Kier molecular flexibility index (Phi) is 6.54. The van der Waals surface area contributed by atoms with E-state index in [0.717, 1.165) is 19.6 Å². The molecule has 6 nitrogen and oxygen atoms in total. The third-order valence-corrected chi connectivity index (χ3v) is 4.87. The average molecular weight is 336 g/mol. The van der Waals surface area contributed by atoms with Gasteiger partial charge in [0.1, 0.15) is 11.1 Å². The lowest BCUT2D eigenvalue weighted by Crippen LogP contribution is -2.53. The number of rotatable bonds is 6. The second kappa shape index (κ2) is 8.41. The zero-order chi connectivity index (χ0) is 16.8. The molecular formula is C16H24N4O2S. The topological polar surface area (TPSA) is 79.6 Å². The third-order valence-electron chi connectivity index (χ3n) is 4.04. The molecule has 23 heavy (non-hydrogen) atoms. The summed E-state index contributed by atoms with van der Waals surface area (Å²) in [5.41, 5.74) is 0.517. The second-order valence-corrected chi connectivity index (χ2v) is 6.98. The summed E-state index contributed by atoms with van der Waals surface area (Å²) in [5, 5.41) is 23.7. The molecule has 2 heterocycles. The predicted molar refractivity (Wildman–Crippen MR) is 91.4 cm³/mol. The molecule has 1 aromatic rings. The van der Waals surface area contributed by atoms with Crippen LogP contribution in [-0.2, 0) is 4.79 Å². The van der Waals surface area contributed by atoms with E-state index in [0.29, 0.717) is 36.1 Å². The molecule has 0 saturated carbocycles. The number of thiophene rings is 1. The van der Waals surface area contributed by atoms with Crippen molar-refractivity contribution in [2.24, 2.45) is 0 Å². The number of anilines is 1. The molecule has 2 rings (SSSR count). The van der Waals surface area contributed by atoms with Crippen LogP contribution < -0.4 is 5.32 Å². The van der Waals surface area contributed by atoms with E-state index in [1.165, 1.54) is 11.3 Å². The summed E-state index contributed by atoms with van der Waals surface area (Å²) in [4.78, 5) is 16.6. The number of nitrogens with one attached hydrogen (secondary N) is 1. The van der Waals surface area contributed by atoms with E-state index in [4.69, 9.17) is 5.26 Å². The zero-order valence-corrected chi connectivity index (χ0v) is 14.5. The molecule has 0 spiro atoms. The molecular weight excluding hydrogens is 312 g/mol. The van der Waals surface area contributed by atoms with E-state index in [1.54, 1.807) is 11.4 Å². The number of hydrogen-bond acceptors (Lipinski definition) is 6. The summed E-state index contributed by atoms with van der Waals surface area (Å²) in [7, 11) is 0. The summed E-state index contributed by atoms with van der Waals surface area (Å²) in [6.45, 7) is 8.10. The van der Waals surface area contributed by atoms with E-state index in [-0.39, 0.29) is 12.0 Å². The van der Waals surface area contributed by atoms with E-state index in [1.807, 2.05) is 6.92 Å². The van der Waals surface area contributed by atoms with Crippen LogP contribution in [0.2, 0.25) is 0 Å². The molecule has 126 valence electrons. The fourth-order valence-corrected chi connectivity index (χ4v) is 3.58. The molecule has 7 heteroatoms. The number of nitriles is 1. The standard InChI is InChI=1S/C16H24N4O2S/c1-12-10-19(6-7-20(12)11-13(2)21)5-3-15(22)18-16-14(9-17)4-8-23-16/h4,8,12-13,21H,3,5-7,10-11H2,1-2H3,(H,18,22)/t12-,13-/m1/s1. The molecule has 2 N–H and O–H groups in total. The highest BCUT2D eigenvalue weighted by Gasteiger charge is 2.24. The molecule has 1 aliphatic rings. The molecule has 2 atom stereocenters. The van der Waals surface area contributed by atoms with Crippen LogP contribution in [0.5, 0.6) is 0 Å². The Bertz CT molecular complexity index is 567. The lowest BCUT2D eigenvalue weighted by Gasteiger charge is -2.40. The molecule has 1 aliphatic heterocycles. The fourth-order valence-electron chi connectivity index (χ4n) is 2.83. The summed E-state index contributed by atoms with van der Waals surface area (Å²) in [6.07, 6.45) is 0.112. The summed E-state index contributed by atoms with van der Waals surface area (Å²) >= 11 is 1.37. The molecule has 1 amide bonds. The van der Waals surface area contributed by atoms with Crippen molar-refractivity contribution in [3.05, 3.63) is 17.0 Å². The van der Waals surface area contributed by atoms with Gasteiger partial charge >= 0.3 is 0 Å². The van der Waals surface area contributed by atoms with Crippen LogP contribution >= 0.6 is 11.3 Å². The van der Waals surface area contributed by atoms with Gasteiger partial charge in [-0.3, -0.25) is 9.69 Å². The summed E-state index contributed by atoms with van der Waals surface area (Å²) in [6, 6.07) is 4.16. The van der Waals surface area contributed by atoms with Crippen LogP contribution in [0.25, 0.3) is 0 Å². The van der Waals surface area contributed by atoms with Crippen LogP contribution in [0.3, 0.4) is 0 Å². The first-order valence-corrected chi connectivity index (χ1v) is 8.79. The van der Waals surface area contributed by atoms with Gasteiger partial charge in [-0.25, -0.2) is 0 Å². The lowest BCUT2D eigenvalue weighted by atomic mass is 10.1. The predicted octanol–water partition coefficient (Wildman–Crippen LogP) is 1.34. The van der Waals surface area contributed by atoms with E-state index in [2.05, 4.69) is 28.1 Å². The summed E-state index contributed by atoms with van der Waals surface area (Å²) < 4.78 is 0. The Labute approximate surface area is 141 Å². The normalized spacial score (nSPS) is 20.9. The van der Waals surface area contributed by atoms with Crippen molar-refractivity contribution in [1.29, 1.82) is 5.26 Å². The smallest absolute Gasteiger partial charge is 0.226 e. The molecule has 0 unspecified atom stereocenters. The third kappa shape index (κ3) is 5.29. The second-order valence-electron chi connectivity index (χ2n) is 6.07. The highest BCUT2D eigenvalue weighted by molar-refractivity contribution is 7.14. The van der Waals surface area contributed by atoms with Crippen LogP contribution in [-0.4, -0.2) is 65.7 Å². The summed E-state index contributed by atoms with van der Waals surface area (Å²) in [5.74, 6) is -0.0528. The number of hydrogen-bond donors (Lipinski definition) is 2. The Morgan fingerprint density at radius 3 is 3.04 bits per heavy atom. The van der Waals surface area contributed by atoms with Gasteiger partial charge in [-0.05, 0) is 25.3 Å². The van der Waals surface area contributed by atoms with E-state index >= 15 is 0 Å². The van der Waals surface area contributed by atoms with Crippen LogP contribution in [0, 0.1) is 11.3 Å². The number of carbonyl (C=O) groups excluding carboxylic acids is 1. The van der Waals surface area contributed by atoms with Gasteiger partial charge in [-0.15, -0.1) is 11.3 Å². The number of carbonyl (C=O) groups is 1. The first-order chi connectivity index (χ1) is 11.0. The molecule has 0 radical (unpaired) electrons. The Morgan fingerprint density at radius 1 is 1.61 bits per heavy atom. The van der Waals surface area contributed by atoms with Gasteiger partial charge in [-0.2, -0.15) is 5.26 Å². The lowest BCUT2D eigenvalue weighted by molar-refractivity contribution is -0.116. The van der Waals surface area contributed by atoms with Gasteiger partial charge in [0.15, 0.2) is 0 Å². The highest BCUT2D eigenvalue weighted by Crippen LogP contribution is 2.22. The molecule has 1 fully saturated rings. The molecule has 1 aromatic heterocycles. The number of nitrogens with zero attached hydrogens (tertiary/aromatic N) is 3. The number of piperazine rings is 1. The van der Waals surface area contributed by atoms with Gasteiger partial charge in [0.25, 0.3) is 0 Å². The largest absolute Gasteiger partial charge is 0.392 e. The maximum Gasteiger partial charge on any atom is 0.226 e. The Morgan fingerprint density at radius 2 is 2.39 bits per heavy atom. The van der Waals surface area contributed by atoms with Crippen molar-refractivity contribution < 1.29 is 9.90 Å². The van der Waals surface area contributed by atoms with Gasteiger partial charge in [0, 0.05) is 45.2 Å². The number of amides is 1. The molecule has 1 saturated heterocycles. The first kappa shape index (κ1) is 17.9. The van der Waals surface area contributed by atoms with Gasteiger partial charge in [-0.1, -0.05) is 0 Å². The van der Waals surface area contributed by atoms with Crippen molar-refractivity contribution in [3.63, 3.8) is 0 Å². The quantitative estimate of drug-likeness (QED) is 0.819. The van der Waals surface area contributed by atoms with Gasteiger partial charge in [0.2, 0.25) is 5.91 Å². The number of β-amino-alcohol motifs (C(OH)–C–C–N with tert-alkyl or cyclic N) is 1. The van der Waals surface area contributed by atoms with E-state index in [9.17, 15) is 9.90 Å². The maximum absolute atomic E-state index is 12.0. The van der Waals surface area contributed by atoms with Gasteiger partial charge in [0.05, 0.1) is 11.7 Å². The van der Waals surface area contributed by atoms with E-state index < -0.39 is 0 Å².